The van der Waals surface area contributed by atoms with Crippen molar-refractivity contribution in [3.8, 4) is 11.1 Å². The van der Waals surface area contributed by atoms with Crippen LogP contribution in [0.5, 0.6) is 0 Å². The Morgan fingerprint density at radius 2 is 1.65 bits per heavy atom. The fraction of sp³-hybridized carbons (Fsp3) is 0.0714. The predicted molar refractivity (Wildman–Crippen MR) is 75.6 cm³/mol. The normalized spacial score (nSPS) is 11.2. The fourth-order valence-corrected chi connectivity index (χ4v) is 2.55. The second-order valence-electron chi connectivity index (χ2n) is 4.39. The number of sulfonamides is 1. The van der Waals surface area contributed by atoms with E-state index in [2.05, 4.69) is 0 Å². The number of carboxylic acids is 1. The van der Waals surface area contributed by atoms with Crippen LogP contribution >= 0.6 is 0 Å². The van der Waals surface area contributed by atoms with Crippen molar-refractivity contribution in [1.29, 1.82) is 0 Å². The highest BCUT2D eigenvalue weighted by atomic mass is 32.2. The van der Waals surface area contributed by atoms with Gasteiger partial charge in [-0.2, -0.15) is 0 Å². The summed E-state index contributed by atoms with van der Waals surface area (Å²) in [6, 6.07) is 13.3. The van der Waals surface area contributed by atoms with Crippen LogP contribution in [-0.4, -0.2) is 19.5 Å². The molecule has 0 aliphatic carbocycles. The van der Waals surface area contributed by atoms with Gasteiger partial charge in [0.2, 0.25) is 10.0 Å². The van der Waals surface area contributed by atoms with Gasteiger partial charge in [0.1, 0.15) is 0 Å². The van der Waals surface area contributed by atoms with Crippen LogP contribution in [0.2, 0.25) is 0 Å². The molecule has 0 fully saturated rings. The molecule has 6 heteroatoms. The zero-order valence-electron chi connectivity index (χ0n) is 10.5. The molecule has 0 saturated carbocycles. The molecule has 2 rings (SSSR count). The third kappa shape index (κ3) is 3.66. The van der Waals surface area contributed by atoms with Crippen molar-refractivity contribution >= 4 is 16.0 Å². The maximum absolute atomic E-state index is 11.1. The van der Waals surface area contributed by atoms with E-state index in [4.69, 9.17) is 10.2 Å². The number of carbonyl (C=O) groups is 1. The van der Waals surface area contributed by atoms with E-state index in [0.29, 0.717) is 11.1 Å². The van der Waals surface area contributed by atoms with Crippen molar-refractivity contribution in [3.63, 3.8) is 0 Å². The van der Waals surface area contributed by atoms with Gasteiger partial charge in [-0.05, 0) is 28.8 Å². The van der Waals surface area contributed by atoms with E-state index in [1.165, 1.54) is 6.07 Å². The van der Waals surface area contributed by atoms with Gasteiger partial charge in [-0.3, -0.25) is 0 Å². The van der Waals surface area contributed by atoms with Crippen LogP contribution in [0, 0.1) is 0 Å². The van der Waals surface area contributed by atoms with Crippen molar-refractivity contribution in [3.05, 3.63) is 59.7 Å². The van der Waals surface area contributed by atoms with Crippen LogP contribution in [-0.2, 0) is 15.8 Å². The Morgan fingerprint density at radius 3 is 2.25 bits per heavy atom. The maximum Gasteiger partial charge on any atom is 0.335 e. The first-order valence-corrected chi connectivity index (χ1v) is 7.50. The first-order valence-electron chi connectivity index (χ1n) is 5.78. The van der Waals surface area contributed by atoms with E-state index >= 15 is 0 Å². The van der Waals surface area contributed by atoms with Crippen LogP contribution in [0.4, 0.5) is 0 Å². The van der Waals surface area contributed by atoms with Crippen LogP contribution in [0.3, 0.4) is 0 Å². The van der Waals surface area contributed by atoms with Gasteiger partial charge >= 0.3 is 5.97 Å². The Kier molecular flexibility index (Phi) is 3.87. The third-order valence-electron chi connectivity index (χ3n) is 2.74. The molecule has 0 heterocycles. The smallest absolute Gasteiger partial charge is 0.335 e. The molecular weight excluding hydrogens is 278 g/mol. The number of benzene rings is 2. The monoisotopic (exact) mass is 291 g/mol. The van der Waals surface area contributed by atoms with Gasteiger partial charge in [-0.1, -0.05) is 36.4 Å². The Balaban J connectivity index is 2.41. The number of nitrogens with two attached hydrogens (primary N) is 1. The topological polar surface area (TPSA) is 97.5 Å². The summed E-state index contributed by atoms with van der Waals surface area (Å²) in [5.74, 6) is -1.26. The van der Waals surface area contributed by atoms with E-state index in [9.17, 15) is 13.2 Å². The van der Waals surface area contributed by atoms with Gasteiger partial charge in [-0.15, -0.1) is 0 Å². The molecule has 0 radical (unpaired) electrons. The summed E-state index contributed by atoms with van der Waals surface area (Å²) in [6.07, 6.45) is 0. The summed E-state index contributed by atoms with van der Waals surface area (Å²) in [5, 5.41) is 14.0. The minimum absolute atomic E-state index is 0.180. The molecule has 2 aromatic carbocycles. The molecule has 0 aliphatic rings. The molecule has 20 heavy (non-hydrogen) atoms. The summed E-state index contributed by atoms with van der Waals surface area (Å²) < 4.78 is 22.2. The third-order valence-corrected chi connectivity index (χ3v) is 3.47. The van der Waals surface area contributed by atoms with Crippen molar-refractivity contribution in [2.24, 2.45) is 5.14 Å². The number of hydrogen-bond acceptors (Lipinski definition) is 3. The van der Waals surface area contributed by atoms with Crippen LogP contribution < -0.4 is 5.14 Å². The molecule has 0 unspecified atom stereocenters. The van der Waals surface area contributed by atoms with Gasteiger partial charge in [0.25, 0.3) is 0 Å². The van der Waals surface area contributed by atoms with Gasteiger partial charge in [-0.25, -0.2) is 18.4 Å². The summed E-state index contributed by atoms with van der Waals surface area (Å²) in [5.41, 5.74) is 2.19. The number of rotatable bonds is 4. The van der Waals surface area contributed by atoms with Crippen LogP contribution in [0.15, 0.2) is 48.5 Å². The highest BCUT2D eigenvalue weighted by molar-refractivity contribution is 7.88. The molecule has 0 atom stereocenters. The Hall–Kier alpha value is -2.18. The average Bonchev–Trinajstić information content (AvgIpc) is 2.37. The summed E-state index contributed by atoms with van der Waals surface area (Å²) in [6.45, 7) is 0. The lowest BCUT2D eigenvalue weighted by Crippen LogP contribution is -2.14. The SMILES string of the molecule is NS(=O)(=O)Cc1cccc(-c2cccc(C(=O)O)c2)c1. The van der Waals surface area contributed by atoms with Gasteiger partial charge in [0.15, 0.2) is 0 Å². The summed E-state index contributed by atoms with van der Waals surface area (Å²) >= 11 is 0. The number of carboxylic acid groups (broad SMARTS) is 1. The highest BCUT2D eigenvalue weighted by Crippen LogP contribution is 2.22. The summed E-state index contributed by atoms with van der Waals surface area (Å²) in [7, 11) is -3.59. The molecule has 0 amide bonds. The second kappa shape index (κ2) is 5.44. The minimum atomic E-state index is -3.59. The molecule has 0 saturated heterocycles. The number of hydrogen-bond donors (Lipinski definition) is 2. The van der Waals surface area contributed by atoms with Gasteiger partial charge < -0.3 is 5.11 Å². The lowest BCUT2D eigenvalue weighted by molar-refractivity contribution is 0.0697. The summed E-state index contributed by atoms with van der Waals surface area (Å²) in [4.78, 5) is 10.9. The highest BCUT2D eigenvalue weighted by Gasteiger charge is 2.08. The lowest BCUT2D eigenvalue weighted by atomic mass is 10.0. The maximum atomic E-state index is 11.1. The lowest BCUT2D eigenvalue weighted by Gasteiger charge is -2.06. The predicted octanol–water partition coefficient (Wildman–Crippen LogP) is 1.84. The van der Waals surface area contributed by atoms with E-state index in [1.54, 1.807) is 42.5 Å². The molecule has 0 aliphatic heterocycles. The first kappa shape index (κ1) is 14.2. The zero-order chi connectivity index (χ0) is 14.8. The Morgan fingerprint density at radius 1 is 1.05 bits per heavy atom. The molecule has 0 spiro atoms. The van der Waals surface area contributed by atoms with Crippen molar-refractivity contribution in [2.45, 2.75) is 5.75 Å². The average molecular weight is 291 g/mol. The Bertz CT molecular complexity index is 753. The van der Waals surface area contributed by atoms with Crippen LogP contribution in [0.1, 0.15) is 15.9 Å². The molecule has 0 bridgehead atoms. The molecular formula is C14H13NO4S. The van der Waals surface area contributed by atoms with Crippen molar-refractivity contribution < 1.29 is 18.3 Å². The van der Waals surface area contributed by atoms with E-state index in [1.807, 2.05) is 0 Å². The second-order valence-corrected chi connectivity index (χ2v) is 6.01. The van der Waals surface area contributed by atoms with E-state index < -0.39 is 16.0 Å². The fourth-order valence-electron chi connectivity index (χ4n) is 1.90. The van der Waals surface area contributed by atoms with Gasteiger partial charge in [0, 0.05) is 0 Å². The standard InChI is InChI=1S/C14H13NO4S/c15-20(18,19)9-10-3-1-4-11(7-10)12-5-2-6-13(8-12)14(16)17/h1-8H,9H2,(H,16,17)(H2,15,18,19). The molecule has 2 aromatic rings. The number of aromatic carboxylic acids is 1. The molecule has 0 aromatic heterocycles. The van der Waals surface area contributed by atoms with Crippen molar-refractivity contribution in [2.75, 3.05) is 0 Å². The number of primary sulfonamides is 1. The Labute approximate surface area is 116 Å². The van der Waals surface area contributed by atoms with Crippen molar-refractivity contribution in [1.82, 2.24) is 0 Å². The first-order chi connectivity index (χ1) is 9.35. The molecule has 5 nitrogen and oxygen atoms in total. The largest absolute Gasteiger partial charge is 0.478 e. The van der Waals surface area contributed by atoms with Gasteiger partial charge in [0.05, 0.1) is 11.3 Å². The van der Waals surface area contributed by atoms with E-state index in [-0.39, 0.29) is 11.3 Å². The minimum Gasteiger partial charge on any atom is -0.478 e. The zero-order valence-corrected chi connectivity index (χ0v) is 11.3. The van der Waals surface area contributed by atoms with Crippen LogP contribution in [0.25, 0.3) is 11.1 Å². The molecule has 104 valence electrons. The molecule has 3 N–H and O–H groups in total. The van der Waals surface area contributed by atoms with E-state index in [0.717, 1.165) is 5.56 Å². The quantitative estimate of drug-likeness (QED) is 0.898.